The number of phenols is 1. The number of phenolic OH excluding ortho intramolecular Hbond substituents is 1. The molecule has 1 aromatic carbocycles. The highest BCUT2D eigenvalue weighted by Gasteiger charge is 2.24. The fraction of sp³-hybridized carbons (Fsp3) is 0.462. The van der Waals surface area contributed by atoms with E-state index in [-0.39, 0.29) is 28.9 Å². The molecule has 0 bridgehead atoms. The van der Waals surface area contributed by atoms with Crippen LogP contribution in [-0.4, -0.2) is 22.8 Å². The molecule has 1 unspecified atom stereocenters. The minimum atomic E-state index is -1.53. The van der Waals surface area contributed by atoms with Crippen LogP contribution in [0.15, 0.2) is 12.1 Å². The van der Waals surface area contributed by atoms with Crippen molar-refractivity contribution in [1.29, 1.82) is 0 Å². The van der Waals surface area contributed by atoms with Crippen LogP contribution in [0.3, 0.4) is 0 Å². The van der Waals surface area contributed by atoms with Gasteiger partial charge in [0.15, 0.2) is 6.10 Å². The second kappa shape index (κ2) is 6.07. The summed E-state index contributed by atoms with van der Waals surface area (Å²) in [6.45, 7) is 5.70. The van der Waals surface area contributed by atoms with Crippen LogP contribution in [0.25, 0.3) is 0 Å². The van der Waals surface area contributed by atoms with Gasteiger partial charge in [-0.1, -0.05) is 25.4 Å². The van der Waals surface area contributed by atoms with Crippen molar-refractivity contribution in [3.8, 4) is 5.75 Å². The van der Waals surface area contributed by atoms with E-state index in [0.717, 1.165) is 5.56 Å². The third-order valence-corrected chi connectivity index (χ3v) is 2.87. The lowest BCUT2D eigenvalue weighted by Gasteiger charge is -2.15. The molecule has 5 heteroatoms. The van der Waals surface area contributed by atoms with Crippen molar-refractivity contribution in [2.75, 3.05) is 6.61 Å². The van der Waals surface area contributed by atoms with Gasteiger partial charge >= 0.3 is 5.97 Å². The lowest BCUT2D eigenvalue weighted by atomic mass is 9.98. The molecule has 0 heterocycles. The van der Waals surface area contributed by atoms with Gasteiger partial charge in [-0.25, -0.2) is 4.79 Å². The first-order valence-corrected chi connectivity index (χ1v) is 6.13. The van der Waals surface area contributed by atoms with Crippen LogP contribution in [0.2, 0.25) is 5.02 Å². The maximum Gasteiger partial charge on any atom is 0.339 e. The fourth-order valence-corrected chi connectivity index (χ4v) is 1.77. The monoisotopic (exact) mass is 272 g/mol. The van der Waals surface area contributed by atoms with Crippen molar-refractivity contribution in [1.82, 2.24) is 0 Å². The Morgan fingerprint density at radius 3 is 2.56 bits per heavy atom. The Labute approximate surface area is 111 Å². The Kier molecular flexibility index (Phi) is 4.99. The normalized spacial score (nSPS) is 12.6. The van der Waals surface area contributed by atoms with E-state index in [1.54, 1.807) is 19.1 Å². The summed E-state index contributed by atoms with van der Waals surface area (Å²) in [5.41, 5.74) is 0.904. The van der Waals surface area contributed by atoms with Crippen LogP contribution < -0.4 is 0 Å². The summed E-state index contributed by atoms with van der Waals surface area (Å²) in [5.74, 6) is -0.928. The highest BCUT2D eigenvalue weighted by Crippen LogP contribution is 2.35. The molecule has 4 nitrogen and oxygen atoms in total. The predicted octanol–water partition coefficient (Wildman–Crippen LogP) is 2.77. The molecule has 0 fully saturated rings. The Bertz CT molecular complexity index is 443. The average molecular weight is 273 g/mol. The molecule has 100 valence electrons. The van der Waals surface area contributed by atoms with E-state index in [9.17, 15) is 15.0 Å². The smallest absolute Gasteiger partial charge is 0.339 e. The quantitative estimate of drug-likeness (QED) is 0.827. The number of hydrogen-bond donors (Lipinski definition) is 2. The number of ether oxygens (including phenoxy) is 1. The zero-order valence-electron chi connectivity index (χ0n) is 10.6. The van der Waals surface area contributed by atoms with Gasteiger partial charge in [-0.2, -0.15) is 0 Å². The van der Waals surface area contributed by atoms with Gasteiger partial charge in [0.1, 0.15) is 5.75 Å². The van der Waals surface area contributed by atoms with Crippen LogP contribution in [0.1, 0.15) is 43.9 Å². The standard InChI is InChI=1S/C13H17ClO4/c1-4-18-13(17)12(16)9-5-8(7(2)3)6-10(14)11(9)15/h5-7,12,15-16H,4H2,1-3H3. The zero-order chi connectivity index (χ0) is 13.9. The third-order valence-electron chi connectivity index (χ3n) is 2.59. The summed E-state index contributed by atoms with van der Waals surface area (Å²) in [7, 11) is 0. The minimum Gasteiger partial charge on any atom is -0.506 e. The van der Waals surface area contributed by atoms with Crippen molar-refractivity contribution < 1.29 is 19.7 Å². The number of esters is 1. The van der Waals surface area contributed by atoms with Gasteiger partial charge in [-0.05, 0) is 30.5 Å². The molecule has 0 spiro atoms. The molecule has 0 aliphatic heterocycles. The second-order valence-corrected chi connectivity index (χ2v) is 4.66. The Hall–Kier alpha value is -1.26. The summed E-state index contributed by atoms with van der Waals surface area (Å²) in [4.78, 5) is 11.5. The van der Waals surface area contributed by atoms with E-state index < -0.39 is 12.1 Å². The largest absolute Gasteiger partial charge is 0.506 e. The van der Waals surface area contributed by atoms with Crippen molar-refractivity contribution in [2.24, 2.45) is 0 Å². The van der Waals surface area contributed by atoms with Gasteiger partial charge in [0.25, 0.3) is 0 Å². The molecule has 1 rings (SSSR count). The lowest BCUT2D eigenvalue weighted by molar-refractivity contribution is -0.153. The van der Waals surface area contributed by atoms with Crippen molar-refractivity contribution >= 4 is 17.6 Å². The molecule has 0 aromatic heterocycles. The first kappa shape index (κ1) is 14.8. The van der Waals surface area contributed by atoms with Gasteiger partial charge in [0, 0.05) is 5.56 Å². The van der Waals surface area contributed by atoms with E-state index >= 15 is 0 Å². The first-order chi connectivity index (χ1) is 8.38. The number of aliphatic hydroxyl groups excluding tert-OH is 1. The summed E-state index contributed by atoms with van der Waals surface area (Å²) in [6, 6.07) is 3.18. The fourth-order valence-electron chi connectivity index (χ4n) is 1.53. The van der Waals surface area contributed by atoms with Gasteiger partial charge in [0.2, 0.25) is 0 Å². The molecule has 0 saturated carbocycles. The molecule has 1 aromatic rings. The van der Waals surface area contributed by atoms with Crippen molar-refractivity contribution in [2.45, 2.75) is 32.8 Å². The SMILES string of the molecule is CCOC(=O)C(O)c1cc(C(C)C)cc(Cl)c1O. The molecular weight excluding hydrogens is 256 g/mol. The summed E-state index contributed by atoms with van der Waals surface area (Å²) in [5, 5.41) is 19.7. The van der Waals surface area contributed by atoms with E-state index in [0.29, 0.717) is 0 Å². The Morgan fingerprint density at radius 2 is 2.06 bits per heavy atom. The van der Waals surface area contributed by atoms with E-state index in [2.05, 4.69) is 0 Å². The predicted molar refractivity (Wildman–Crippen MR) is 68.8 cm³/mol. The number of benzene rings is 1. The zero-order valence-corrected chi connectivity index (χ0v) is 11.4. The first-order valence-electron chi connectivity index (χ1n) is 5.75. The van der Waals surface area contributed by atoms with E-state index in [4.69, 9.17) is 16.3 Å². The topological polar surface area (TPSA) is 66.8 Å². The molecule has 18 heavy (non-hydrogen) atoms. The Balaban J connectivity index is 3.18. The van der Waals surface area contributed by atoms with Gasteiger partial charge in [0.05, 0.1) is 11.6 Å². The number of carbonyl (C=O) groups excluding carboxylic acids is 1. The third kappa shape index (κ3) is 3.15. The highest BCUT2D eigenvalue weighted by molar-refractivity contribution is 6.32. The van der Waals surface area contributed by atoms with Crippen molar-refractivity contribution in [3.05, 3.63) is 28.3 Å². The Morgan fingerprint density at radius 1 is 1.44 bits per heavy atom. The highest BCUT2D eigenvalue weighted by atomic mass is 35.5. The number of aliphatic hydroxyl groups is 1. The summed E-state index contributed by atoms with van der Waals surface area (Å²) >= 11 is 5.88. The number of carbonyl (C=O) groups is 1. The molecule has 1 atom stereocenters. The minimum absolute atomic E-state index is 0.0738. The van der Waals surface area contributed by atoms with Crippen LogP contribution in [0, 0.1) is 0 Å². The van der Waals surface area contributed by atoms with Crippen LogP contribution in [0.5, 0.6) is 5.75 Å². The maximum atomic E-state index is 11.5. The molecule has 2 N–H and O–H groups in total. The molecular formula is C13H17ClO4. The molecule has 0 aliphatic rings. The van der Waals surface area contributed by atoms with E-state index in [1.807, 2.05) is 13.8 Å². The second-order valence-electron chi connectivity index (χ2n) is 4.25. The number of rotatable bonds is 4. The van der Waals surface area contributed by atoms with E-state index in [1.165, 1.54) is 0 Å². The van der Waals surface area contributed by atoms with Crippen LogP contribution >= 0.6 is 11.6 Å². The summed E-state index contributed by atoms with van der Waals surface area (Å²) in [6.07, 6.45) is -1.53. The molecule has 0 radical (unpaired) electrons. The maximum absolute atomic E-state index is 11.5. The van der Waals surface area contributed by atoms with Crippen LogP contribution in [-0.2, 0) is 9.53 Å². The van der Waals surface area contributed by atoms with Gasteiger partial charge in [-0.3, -0.25) is 0 Å². The molecule has 0 aliphatic carbocycles. The average Bonchev–Trinajstić information content (AvgIpc) is 2.31. The molecule has 0 saturated heterocycles. The van der Waals surface area contributed by atoms with Crippen LogP contribution in [0.4, 0.5) is 0 Å². The van der Waals surface area contributed by atoms with Gasteiger partial charge < -0.3 is 14.9 Å². The lowest BCUT2D eigenvalue weighted by Crippen LogP contribution is -2.16. The summed E-state index contributed by atoms with van der Waals surface area (Å²) < 4.78 is 4.71. The number of hydrogen-bond acceptors (Lipinski definition) is 4. The van der Waals surface area contributed by atoms with Crippen molar-refractivity contribution in [3.63, 3.8) is 0 Å². The molecule has 0 amide bonds. The van der Waals surface area contributed by atoms with Gasteiger partial charge in [-0.15, -0.1) is 0 Å². The number of halogens is 1. The number of aromatic hydroxyl groups is 1.